The van der Waals surface area contributed by atoms with E-state index < -0.39 is 5.25 Å². The minimum atomic E-state index is -0.480. The van der Waals surface area contributed by atoms with Gasteiger partial charge in [-0.2, -0.15) is 0 Å². The van der Waals surface area contributed by atoms with Gasteiger partial charge in [0.15, 0.2) is 10.9 Å². The van der Waals surface area contributed by atoms with Crippen LogP contribution in [0.25, 0.3) is 11.6 Å². The van der Waals surface area contributed by atoms with Crippen molar-refractivity contribution in [3.63, 3.8) is 0 Å². The maximum Gasteiger partial charge on any atom is 0.324 e. The zero-order chi connectivity index (χ0) is 19.5. The summed E-state index contributed by atoms with van der Waals surface area (Å²) in [5.74, 6) is 0.955. The van der Waals surface area contributed by atoms with Crippen molar-refractivity contribution >= 4 is 23.7 Å². The second-order valence-electron chi connectivity index (χ2n) is 6.34. The molecule has 1 aromatic carbocycles. The first-order chi connectivity index (χ1) is 13.6. The van der Waals surface area contributed by atoms with E-state index in [1.807, 2.05) is 41.0 Å². The molecule has 0 saturated carbocycles. The van der Waals surface area contributed by atoms with Crippen molar-refractivity contribution in [1.29, 1.82) is 0 Å². The lowest BCUT2D eigenvalue weighted by Gasteiger charge is -2.17. The molecule has 1 saturated heterocycles. The summed E-state index contributed by atoms with van der Waals surface area (Å²) < 4.78 is 7.42. The van der Waals surface area contributed by atoms with Gasteiger partial charge >= 0.3 is 6.03 Å². The highest BCUT2D eigenvalue weighted by molar-refractivity contribution is 8.00. The molecule has 28 heavy (non-hydrogen) atoms. The van der Waals surface area contributed by atoms with E-state index in [0.717, 1.165) is 5.56 Å². The highest BCUT2D eigenvalue weighted by Gasteiger charge is 2.31. The molecule has 144 valence electrons. The fourth-order valence-corrected chi connectivity index (χ4v) is 3.89. The number of rotatable bonds is 6. The zero-order valence-electron chi connectivity index (χ0n) is 15.2. The van der Waals surface area contributed by atoms with Crippen molar-refractivity contribution in [2.45, 2.75) is 23.9 Å². The summed E-state index contributed by atoms with van der Waals surface area (Å²) in [6, 6.07) is 13.2. The van der Waals surface area contributed by atoms with Crippen LogP contribution in [0.3, 0.4) is 0 Å². The van der Waals surface area contributed by atoms with Gasteiger partial charge in [-0.3, -0.25) is 14.3 Å². The number of aromatic nitrogens is 3. The summed E-state index contributed by atoms with van der Waals surface area (Å²) in [5.41, 5.74) is 1.08. The maximum atomic E-state index is 12.6. The third-order valence-electron chi connectivity index (χ3n) is 4.39. The van der Waals surface area contributed by atoms with E-state index in [9.17, 15) is 9.59 Å². The molecule has 0 bridgehead atoms. The van der Waals surface area contributed by atoms with Gasteiger partial charge in [0.2, 0.25) is 11.7 Å². The SMILES string of the molecule is CC(Sc1nnc(-c2ccco2)n1Cc1ccccc1)C(=O)N1CCNC1=O. The van der Waals surface area contributed by atoms with Crippen LogP contribution in [0.2, 0.25) is 0 Å². The van der Waals surface area contributed by atoms with Crippen LogP contribution in [0.5, 0.6) is 0 Å². The number of hydrogen-bond acceptors (Lipinski definition) is 6. The molecule has 1 atom stereocenters. The molecule has 9 heteroatoms. The Balaban J connectivity index is 1.61. The van der Waals surface area contributed by atoms with Gasteiger partial charge in [-0.15, -0.1) is 10.2 Å². The standard InChI is InChI=1S/C19H19N5O3S/c1-13(17(25)23-10-9-20-18(23)26)28-19-22-21-16(15-8-5-11-27-15)24(19)12-14-6-3-2-4-7-14/h2-8,11,13H,9-10,12H2,1H3,(H,20,26). The van der Waals surface area contributed by atoms with Gasteiger partial charge in [-0.05, 0) is 24.6 Å². The second kappa shape index (κ2) is 7.89. The number of carbonyl (C=O) groups is 2. The number of urea groups is 1. The number of nitrogens with zero attached hydrogens (tertiary/aromatic N) is 4. The molecular weight excluding hydrogens is 378 g/mol. The summed E-state index contributed by atoms with van der Waals surface area (Å²) in [4.78, 5) is 25.7. The fourth-order valence-electron chi connectivity index (χ4n) is 2.98. The summed E-state index contributed by atoms with van der Waals surface area (Å²) in [6.45, 7) is 3.18. The summed E-state index contributed by atoms with van der Waals surface area (Å²) >= 11 is 1.28. The predicted octanol–water partition coefficient (Wildman–Crippen LogP) is 2.62. The van der Waals surface area contributed by atoms with Crippen LogP contribution in [0.15, 0.2) is 58.3 Å². The zero-order valence-corrected chi connectivity index (χ0v) is 16.1. The van der Waals surface area contributed by atoms with Gasteiger partial charge in [0.1, 0.15) is 0 Å². The van der Waals surface area contributed by atoms with Crippen LogP contribution in [0.1, 0.15) is 12.5 Å². The molecule has 0 radical (unpaired) electrons. The molecule has 3 heterocycles. The Bertz CT molecular complexity index is 971. The number of hydrogen-bond donors (Lipinski definition) is 1. The van der Waals surface area contributed by atoms with E-state index in [4.69, 9.17) is 4.42 Å². The van der Waals surface area contributed by atoms with Gasteiger partial charge in [0.25, 0.3) is 0 Å². The van der Waals surface area contributed by atoms with E-state index in [2.05, 4.69) is 15.5 Å². The van der Waals surface area contributed by atoms with Crippen LogP contribution in [0.4, 0.5) is 4.79 Å². The predicted molar refractivity (Wildman–Crippen MR) is 104 cm³/mol. The lowest BCUT2D eigenvalue weighted by Crippen LogP contribution is -2.39. The van der Waals surface area contributed by atoms with Crippen LogP contribution < -0.4 is 5.32 Å². The van der Waals surface area contributed by atoms with Crippen molar-refractivity contribution in [3.05, 3.63) is 54.3 Å². The quantitative estimate of drug-likeness (QED) is 0.643. The van der Waals surface area contributed by atoms with Crippen molar-refractivity contribution in [2.75, 3.05) is 13.1 Å². The average Bonchev–Trinajstić information content (AvgIpc) is 3.44. The largest absolute Gasteiger partial charge is 0.461 e. The molecule has 1 N–H and O–H groups in total. The number of thioether (sulfide) groups is 1. The second-order valence-corrected chi connectivity index (χ2v) is 7.65. The smallest absolute Gasteiger partial charge is 0.324 e. The van der Waals surface area contributed by atoms with Gasteiger partial charge in [0.05, 0.1) is 18.1 Å². The first-order valence-electron chi connectivity index (χ1n) is 8.90. The molecule has 0 aliphatic carbocycles. The molecule has 3 amide bonds. The van der Waals surface area contributed by atoms with Gasteiger partial charge in [-0.1, -0.05) is 42.1 Å². The molecule has 3 aromatic rings. The molecule has 1 unspecified atom stereocenters. The average molecular weight is 397 g/mol. The van der Waals surface area contributed by atoms with Crippen molar-refractivity contribution in [1.82, 2.24) is 25.0 Å². The van der Waals surface area contributed by atoms with E-state index >= 15 is 0 Å². The third kappa shape index (κ3) is 3.65. The Morgan fingerprint density at radius 2 is 2.07 bits per heavy atom. The molecule has 2 aromatic heterocycles. The van der Waals surface area contributed by atoms with E-state index in [0.29, 0.717) is 36.4 Å². The number of furan rings is 1. The molecular formula is C19H19N5O3S. The number of carbonyl (C=O) groups excluding carboxylic acids is 2. The van der Waals surface area contributed by atoms with Crippen molar-refractivity contribution in [2.24, 2.45) is 0 Å². The van der Waals surface area contributed by atoms with Gasteiger partial charge in [-0.25, -0.2) is 4.79 Å². The minimum absolute atomic E-state index is 0.242. The number of benzene rings is 1. The number of imide groups is 1. The van der Waals surface area contributed by atoms with Gasteiger partial charge in [0, 0.05) is 13.1 Å². The van der Waals surface area contributed by atoms with Crippen LogP contribution in [-0.2, 0) is 11.3 Å². The monoisotopic (exact) mass is 397 g/mol. The van der Waals surface area contributed by atoms with E-state index in [1.165, 1.54) is 16.7 Å². The molecule has 0 spiro atoms. The lowest BCUT2D eigenvalue weighted by atomic mass is 10.2. The highest BCUT2D eigenvalue weighted by atomic mass is 32.2. The lowest BCUT2D eigenvalue weighted by molar-refractivity contribution is -0.126. The maximum absolute atomic E-state index is 12.6. The molecule has 1 aliphatic heterocycles. The molecule has 1 aliphatic rings. The summed E-state index contributed by atoms with van der Waals surface area (Å²) in [7, 11) is 0. The first kappa shape index (κ1) is 18.3. The Kier molecular flexibility index (Phi) is 5.16. The summed E-state index contributed by atoms with van der Waals surface area (Å²) in [5, 5.41) is 11.3. The third-order valence-corrected chi connectivity index (χ3v) is 5.46. The van der Waals surface area contributed by atoms with Crippen molar-refractivity contribution < 1.29 is 14.0 Å². The van der Waals surface area contributed by atoms with E-state index in [1.54, 1.807) is 19.3 Å². The first-order valence-corrected chi connectivity index (χ1v) is 9.78. The Morgan fingerprint density at radius 1 is 1.25 bits per heavy atom. The molecule has 8 nitrogen and oxygen atoms in total. The normalized spacial score (nSPS) is 14.9. The Labute approximate surface area is 165 Å². The van der Waals surface area contributed by atoms with Gasteiger partial charge < -0.3 is 9.73 Å². The number of nitrogens with one attached hydrogen (secondary N) is 1. The highest BCUT2D eigenvalue weighted by Crippen LogP contribution is 2.29. The van der Waals surface area contributed by atoms with Crippen LogP contribution in [-0.4, -0.2) is 49.9 Å². The van der Waals surface area contributed by atoms with Crippen LogP contribution in [0, 0.1) is 0 Å². The van der Waals surface area contributed by atoms with Crippen molar-refractivity contribution in [3.8, 4) is 11.6 Å². The molecule has 4 rings (SSSR count). The topological polar surface area (TPSA) is 93.3 Å². The summed E-state index contributed by atoms with van der Waals surface area (Å²) in [6.07, 6.45) is 1.59. The Hall–Kier alpha value is -3.07. The minimum Gasteiger partial charge on any atom is -0.461 e. The molecule has 1 fully saturated rings. The van der Waals surface area contributed by atoms with Crippen LogP contribution >= 0.6 is 11.8 Å². The fraction of sp³-hybridized carbons (Fsp3) is 0.263. The Morgan fingerprint density at radius 3 is 2.75 bits per heavy atom. The number of amides is 3. The van der Waals surface area contributed by atoms with E-state index in [-0.39, 0.29) is 11.9 Å².